The highest BCUT2D eigenvalue weighted by Gasteiger charge is 2.08. The van der Waals surface area contributed by atoms with Crippen LogP contribution in [0, 0.1) is 27.7 Å². The maximum atomic E-state index is 12.0. The number of benzene rings is 2. The molecule has 0 aromatic heterocycles. The van der Waals surface area contributed by atoms with Crippen LogP contribution in [0.1, 0.15) is 22.3 Å². The quantitative estimate of drug-likeness (QED) is 0.814. The lowest BCUT2D eigenvalue weighted by Crippen LogP contribution is -2.18. The molecular formula is C20H24N2O2S. The van der Waals surface area contributed by atoms with Gasteiger partial charge in [-0.1, -0.05) is 23.8 Å². The number of hydrogen-bond donors (Lipinski definition) is 2. The second-order valence-electron chi connectivity index (χ2n) is 6.21. The van der Waals surface area contributed by atoms with Crippen molar-refractivity contribution in [2.45, 2.75) is 27.7 Å². The van der Waals surface area contributed by atoms with Crippen molar-refractivity contribution < 1.29 is 9.59 Å². The Morgan fingerprint density at radius 1 is 0.800 bits per heavy atom. The molecule has 0 heterocycles. The second kappa shape index (κ2) is 8.72. The summed E-state index contributed by atoms with van der Waals surface area (Å²) in [5, 5.41) is 5.74. The van der Waals surface area contributed by atoms with E-state index in [4.69, 9.17) is 0 Å². The summed E-state index contributed by atoms with van der Waals surface area (Å²) in [6.45, 7) is 8.03. The first-order chi connectivity index (χ1) is 11.8. The number of rotatable bonds is 6. The van der Waals surface area contributed by atoms with Crippen LogP contribution in [0.25, 0.3) is 0 Å². The van der Waals surface area contributed by atoms with Gasteiger partial charge in [0, 0.05) is 11.4 Å². The van der Waals surface area contributed by atoms with Crippen LogP contribution in [0.2, 0.25) is 0 Å². The highest BCUT2D eigenvalue weighted by atomic mass is 32.2. The van der Waals surface area contributed by atoms with Crippen molar-refractivity contribution in [2.24, 2.45) is 0 Å². The number of carbonyl (C=O) groups excluding carboxylic acids is 2. The van der Waals surface area contributed by atoms with E-state index >= 15 is 0 Å². The zero-order valence-corrected chi connectivity index (χ0v) is 15.9. The molecule has 4 nitrogen and oxygen atoms in total. The molecule has 0 unspecified atom stereocenters. The Labute approximate surface area is 153 Å². The summed E-state index contributed by atoms with van der Waals surface area (Å²) in [5.41, 5.74) is 6.12. The van der Waals surface area contributed by atoms with Crippen molar-refractivity contribution in [3.8, 4) is 0 Å². The third-order valence-corrected chi connectivity index (χ3v) is 4.85. The average molecular weight is 356 g/mol. The standard InChI is InChI=1S/C20H24N2O2S/c1-13-5-8-18(16(4)9-13)22-20(24)12-25-11-19(23)21-17-7-6-14(2)15(3)10-17/h5-10H,11-12H2,1-4H3,(H,21,23)(H,22,24). The van der Waals surface area contributed by atoms with Gasteiger partial charge in [-0.3, -0.25) is 9.59 Å². The Hall–Kier alpha value is -2.27. The van der Waals surface area contributed by atoms with Gasteiger partial charge in [0.15, 0.2) is 0 Å². The molecule has 0 radical (unpaired) electrons. The third-order valence-electron chi connectivity index (χ3n) is 3.91. The van der Waals surface area contributed by atoms with Gasteiger partial charge < -0.3 is 10.6 Å². The smallest absolute Gasteiger partial charge is 0.234 e. The van der Waals surface area contributed by atoms with Gasteiger partial charge in [0.05, 0.1) is 11.5 Å². The van der Waals surface area contributed by atoms with Crippen molar-refractivity contribution in [1.29, 1.82) is 0 Å². The topological polar surface area (TPSA) is 58.2 Å². The second-order valence-corrected chi connectivity index (χ2v) is 7.19. The van der Waals surface area contributed by atoms with E-state index in [0.717, 1.165) is 28.1 Å². The number of aryl methyl sites for hydroxylation is 4. The first-order valence-corrected chi connectivity index (χ1v) is 9.32. The van der Waals surface area contributed by atoms with Crippen molar-refractivity contribution in [2.75, 3.05) is 22.1 Å². The SMILES string of the molecule is Cc1ccc(NC(=O)CSCC(=O)Nc2ccc(C)c(C)c2)c(C)c1. The molecule has 0 spiro atoms. The largest absolute Gasteiger partial charge is 0.325 e. The molecular weight excluding hydrogens is 332 g/mol. The third kappa shape index (κ3) is 5.94. The number of carbonyl (C=O) groups is 2. The van der Waals surface area contributed by atoms with Gasteiger partial charge in [0.25, 0.3) is 0 Å². The molecule has 0 saturated carbocycles. The Bertz CT molecular complexity index is 787. The number of amides is 2. The van der Waals surface area contributed by atoms with Crippen LogP contribution in [0.3, 0.4) is 0 Å². The summed E-state index contributed by atoms with van der Waals surface area (Å²) >= 11 is 1.30. The molecule has 0 aliphatic carbocycles. The Morgan fingerprint density at radius 3 is 2.12 bits per heavy atom. The molecule has 0 aliphatic heterocycles. The first kappa shape index (κ1) is 19.1. The van der Waals surface area contributed by atoms with Gasteiger partial charge in [-0.2, -0.15) is 0 Å². The highest BCUT2D eigenvalue weighted by molar-refractivity contribution is 8.00. The average Bonchev–Trinajstić information content (AvgIpc) is 2.54. The summed E-state index contributed by atoms with van der Waals surface area (Å²) < 4.78 is 0. The zero-order valence-electron chi connectivity index (χ0n) is 15.1. The lowest BCUT2D eigenvalue weighted by Gasteiger charge is -2.09. The molecule has 2 amide bonds. The molecule has 0 saturated heterocycles. The fourth-order valence-electron chi connectivity index (χ4n) is 2.39. The number of hydrogen-bond acceptors (Lipinski definition) is 3. The molecule has 5 heteroatoms. The van der Waals surface area contributed by atoms with Crippen molar-refractivity contribution in [3.05, 3.63) is 58.7 Å². The lowest BCUT2D eigenvalue weighted by atomic mass is 10.1. The maximum Gasteiger partial charge on any atom is 0.234 e. The van der Waals surface area contributed by atoms with Crippen LogP contribution in [0.15, 0.2) is 36.4 Å². The van der Waals surface area contributed by atoms with Gasteiger partial charge in [-0.15, -0.1) is 11.8 Å². The molecule has 25 heavy (non-hydrogen) atoms. The Morgan fingerprint density at radius 2 is 1.48 bits per heavy atom. The van der Waals surface area contributed by atoms with E-state index < -0.39 is 0 Å². The fourth-order valence-corrected chi connectivity index (χ4v) is 3.01. The van der Waals surface area contributed by atoms with Gasteiger partial charge in [0.1, 0.15) is 0 Å². The molecule has 132 valence electrons. The van der Waals surface area contributed by atoms with Crippen molar-refractivity contribution >= 4 is 35.0 Å². The van der Waals surface area contributed by atoms with E-state index in [2.05, 4.69) is 10.6 Å². The van der Waals surface area contributed by atoms with E-state index in [1.54, 1.807) is 0 Å². The normalized spacial score (nSPS) is 10.4. The molecule has 0 fully saturated rings. The number of thioether (sulfide) groups is 1. The molecule has 0 atom stereocenters. The number of anilines is 2. The molecule has 2 rings (SSSR count). The van der Waals surface area contributed by atoms with Crippen LogP contribution in [0.5, 0.6) is 0 Å². The van der Waals surface area contributed by atoms with Gasteiger partial charge in [0.2, 0.25) is 11.8 Å². The molecule has 2 aromatic rings. The number of nitrogens with one attached hydrogen (secondary N) is 2. The summed E-state index contributed by atoms with van der Waals surface area (Å²) in [5.74, 6) is 0.282. The molecule has 0 bridgehead atoms. The van der Waals surface area contributed by atoms with Gasteiger partial charge >= 0.3 is 0 Å². The van der Waals surface area contributed by atoms with Crippen molar-refractivity contribution in [1.82, 2.24) is 0 Å². The van der Waals surface area contributed by atoms with E-state index in [0.29, 0.717) is 0 Å². The van der Waals surface area contributed by atoms with E-state index in [1.165, 1.54) is 17.3 Å². The lowest BCUT2D eigenvalue weighted by molar-refractivity contribution is -0.114. The van der Waals surface area contributed by atoms with Crippen LogP contribution >= 0.6 is 11.8 Å². The Balaban J connectivity index is 1.76. The predicted octanol–water partition coefficient (Wildman–Crippen LogP) is 4.23. The van der Waals surface area contributed by atoms with E-state index in [-0.39, 0.29) is 23.3 Å². The van der Waals surface area contributed by atoms with Gasteiger partial charge in [-0.05, 0) is 62.6 Å². The van der Waals surface area contributed by atoms with Gasteiger partial charge in [-0.25, -0.2) is 0 Å². The molecule has 2 N–H and O–H groups in total. The summed E-state index contributed by atoms with van der Waals surface area (Å²) in [6, 6.07) is 11.7. The minimum atomic E-state index is -0.104. The minimum absolute atomic E-state index is 0.101. The summed E-state index contributed by atoms with van der Waals surface area (Å²) in [6.07, 6.45) is 0. The van der Waals surface area contributed by atoms with E-state index in [1.807, 2.05) is 64.1 Å². The summed E-state index contributed by atoms with van der Waals surface area (Å²) in [7, 11) is 0. The zero-order chi connectivity index (χ0) is 18.4. The van der Waals surface area contributed by atoms with Crippen LogP contribution in [-0.4, -0.2) is 23.3 Å². The van der Waals surface area contributed by atoms with Crippen molar-refractivity contribution in [3.63, 3.8) is 0 Å². The Kier molecular flexibility index (Phi) is 6.65. The predicted molar refractivity (Wildman–Crippen MR) is 106 cm³/mol. The van der Waals surface area contributed by atoms with Crippen LogP contribution in [0.4, 0.5) is 11.4 Å². The molecule has 2 aromatic carbocycles. The van der Waals surface area contributed by atoms with Crippen LogP contribution in [-0.2, 0) is 9.59 Å². The summed E-state index contributed by atoms with van der Waals surface area (Å²) in [4.78, 5) is 24.0. The van der Waals surface area contributed by atoms with E-state index in [9.17, 15) is 9.59 Å². The minimum Gasteiger partial charge on any atom is -0.325 e. The monoisotopic (exact) mass is 356 g/mol. The highest BCUT2D eigenvalue weighted by Crippen LogP contribution is 2.17. The fraction of sp³-hybridized carbons (Fsp3) is 0.300. The first-order valence-electron chi connectivity index (χ1n) is 8.17. The van der Waals surface area contributed by atoms with Crippen LogP contribution < -0.4 is 10.6 Å². The molecule has 0 aliphatic rings. The maximum absolute atomic E-state index is 12.0.